The maximum atomic E-state index is 12.3. The van der Waals surface area contributed by atoms with Gasteiger partial charge in [-0.05, 0) is 36.8 Å². The monoisotopic (exact) mass is 420 g/mol. The number of benzene rings is 2. The lowest BCUT2D eigenvalue weighted by atomic mass is 9.94. The smallest absolute Gasteiger partial charge is 0.328 e. The van der Waals surface area contributed by atoms with Crippen LogP contribution in [0.2, 0.25) is 0 Å². The van der Waals surface area contributed by atoms with Crippen LogP contribution >= 0.6 is 0 Å². The fraction of sp³-hybridized carbons (Fsp3) is 0.182. The molecule has 4 rings (SSSR count). The average Bonchev–Trinajstić information content (AvgIpc) is 3.20. The molecular formula is C22H20N4O5. The van der Waals surface area contributed by atoms with E-state index in [-0.39, 0.29) is 6.42 Å². The Balaban J connectivity index is 1.83. The lowest BCUT2D eigenvalue weighted by Crippen LogP contribution is -2.56. The molecule has 0 aliphatic carbocycles. The van der Waals surface area contributed by atoms with Gasteiger partial charge in [0.05, 0.1) is 25.6 Å². The first-order valence-corrected chi connectivity index (χ1v) is 9.52. The minimum atomic E-state index is -1.07. The minimum absolute atomic E-state index is 0.0491. The maximum Gasteiger partial charge on any atom is 0.328 e. The molecule has 4 amide bonds. The van der Waals surface area contributed by atoms with Gasteiger partial charge in [-0.25, -0.2) is 9.48 Å². The number of amides is 4. The Labute approximate surface area is 178 Å². The summed E-state index contributed by atoms with van der Waals surface area (Å²) in [6.45, 7) is 0. The molecule has 2 aromatic carbocycles. The lowest BCUT2D eigenvalue weighted by molar-refractivity contribution is -0.135. The predicted octanol–water partition coefficient (Wildman–Crippen LogP) is 2.08. The molecule has 1 aliphatic rings. The van der Waals surface area contributed by atoms with Crippen molar-refractivity contribution >= 4 is 17.8 Å². The topological polar surface area (TPSA) is 112 Å². The van der Waals surface area contributed by atoms with Crippen molar-refractivity contribution in [3.63, 3.8) is 0 Å². The Hall–Kier alpha value is -4.14. The van der Waals surface area contributed by atoms with Gasteiger partial charge in [-0.1, -0.05) is 18.2 Å². The summed E-state index contributed by atoms with van der Waals surface area (Å²) in [6.07, 6.45) is 1.81. The Kier molecular flexibility index (Phi) is 5.40. The second-order valence-corrected chi connectivity index (χ2v) is 6.91. The summed E-state index contributed by atoms with van der Waals surface area (Å²) in [5.74, 6) is -1.20. The fourth-order valence-corrected chi connectivity index (χ4v) is 3.45. The number of methoxy groups -OCH3 is 2. The van der Waals surface area contributed by atoms with Crippen molar-refractivity contribution in [1.29, 1.82) is 0 Å². The second kappa shape index (κ2) is 8.31. The molecule has 1 aromatic heterocycles. The van der Waals surface area contributed by atoms with Gasteiger partial charge in [0.2, 0.25) is 11.8 Å². The van der Waals surface area contributed by atoms with E-state index in [1.165, 1.54) is 0 Å². The van der Waals surface area contributed by atoms with Crippen molar-refractivity contribution in [2.75, 3.05) is 14.2 Å². The SMILES string of the molecule is COc1ccc(OC)c(-c2nn(-c3ccccc3)cc2CC2C(=O)NC(=O)NC2=O)c1. The number of hydrogen-bond donors (Lipinski definition) is 2. The van der Waals surface area contributed by atoms with Crippen LogP contribution in [0.25, 0.3) is 16.9 Å². The number of carbonyl (C=O) groups excluding carboxylic acids is 3. The zero-order valence-corrected chi connectivity index (χ0v) is 16.9. The third-order valence-electron chi connectivity index (χ3n) is 5.00. The van der Waals surface area contributed by atoms with E-state index < -0.39 is 23.8 Å². The summed E-state index contributed by atoms with van der Waals surface area (Å²) < 4.78 is 12.5. The molecule has 2 heterocycles. The summed E-state index contributed by atoms with van der Waals surface area (Å²) >= 11 is 0. The van der Waals surface area contributed by atoms with E-state index >= 15 is 0 Å². The van der Waals surface area contributed by atoms with Crippen molar-refractivity contribution < 1.29 is 23.9 Å². The fourth-order valence-electron chi connectivity index (χ4n) is 3.45. The highest BCUT2D eigenvalue weighted by Gasteiger charge is 2.35. The molecule has 9 heteroatoms. The van der Waals surface area contributed by atoms with Crippen LogP contribution in [0.15, 0.2) is 54.7 Å². The summed E-state index contributed by atoms with van der Waals surface area (Å²) in [6, 6.07) is 13.9. The van der Waals surface area contributed by atoms with Crippen molar-refractivity contribution in [2.45, 2.75) is 6.42 Å². The van der Waals surface area contributed by atoms with Crippen LogP contribution in [0.4, 0.5) is 4.79 Å². The van der Waals surface area contributed by atoms with Gasteiger partial charge in [0.25, 0.3) is 0 Å². The van der Waals surface area contributed by atoms with Crippen LogP contribution in [-0.4, -0.2) is 41.8 Å². The lowest BCUT2D eigenvalue weighted by Gasteiger charge is -2.20. The Bertz CT molecular complexity index is 1140. The molecule has 0 bridgehead atoms. The third-order valence-corrected chi connectivity index (χ3v) is 5.00. The Morgan fingerprint density at radius 3 is 2.32 bits per heavy atom. The van der Waals surface area contributed by atoms with Gasteiger partial charge < -0.3 is 9.47 Å². The molecule has 31 heavy (non-hydrogen) atoms. The number of hydrogen-bond acceptors (Lipinski definition) is 6. The first-order valence-electron chi connectivity index (χ1n) is 9.52. The van der Waals surface area contributed by atoms with Gasteiger partial charge in [0, 0.05) is 17.3 Å². The standard InChI is InChI=1S/C22H20N4O5/c1-30-15-8-9-18(31-2)16(11-15)19-13(10-17-20(27)23-22(29)24-21(17)28)12-26(25-19)14-6-4-3-5-7-14/h3-9,11-12,17H,10H2,1-2H3,(H2,23,24,27,28,29). The number of barbiturate groups is 1. The van der Waals surface area contributed by atoms with Crippen LogP contribution in [0.1, 0.15) is 5.56 Å². The molecule has 0 radical (unpaired) electrons. The summed E-state index contributed by atoms with van der Waals surface area (Å²) in [4.78, 5) is 36.0. The normalized spacial score (nSPS) is 14.2. The van der Waals surface area contributed by atoms with E-state index in [4.69, 9.17) is 14.6 Å². The largest absolute Gasteiger partial charge is 0.497 e. The molecule has 3 aromatic rings. The number of imide groups is 2. The van der Waals surface area contributed by atoms with Crippen LogP contribution in [0.5, 0.6) is 11.5 Å². The first kappa shape index (κ1) is 20.1. The van der Waals surface area contributed by atoms with Crippen LogP contribution in [-0.2, 0) is 16.0 Å². The van der Waals surface area contributed by atoms with E-state index in [2.05, 4.69) is 10.6 Å². The van der Waals surface area contributed by atoms with Gasteiger partial charge in [0.15, 0.2) is 0 Å². The molecular weight excluding hydrogens is 400 g/mol. The molecule has 1 saturated heterocycles. The van der Waals surface area contributed by atoms with Crippen molar-refractivity contribution in [2.24, 2.45) is 5.92 Å². The van der Waals surface area contributed by atoms with Gasteiger partial charge in [-0.3, -0.25) is 20.2 Å². The molecule has 0 unspecified atom stereocenters. The highest BCUT2D eigenvalue weighted by molar-refractivity contribution is 6.16. The van der Waals surface area contributed by atoms with Crippen molar-refractivity contribution in [1.82, 2.24) is 20.4 Å². The number of urea groups is 1. The molecule has 2 N–H and O–H groups in total. The Morgan fingerprint density at radius 2 is 1.68 bits per heavy atom. The molecule has 0 atom stereocenters. The average molecular weight is 420 g/mol. The number of nitrogens with zero attached hydrogens (tertiary/aromatic N) is 2. The molecule has 1 fully saturated rings. The van der Waals surface area contributed by atoms with E-state index in [0.29, 0.717) is 28.3 Å². The van der Waals surface area contributed by atoms with E-state index in [0.717, 1.165) is 5.69 Å². The quantitative estimate of drug-likeness (QED) is 0.591. The van der Waals surface area contributed by atoms with E-state index in [9.17, 15) is 14.4 Å². The third kappa shape index (κ3) is 3.97. The first-order chi connectivity index (χ1) is 15.0. The number of rotatable bonds is 6. The number of nitrogens with one attached hydrogen (secondary N) is 2. The number of carbonyl (C=O) groups is 3. The van der Waals surface area contributed by atoms with E-state index in [1.807, 2.05) is 30.3 Å². The van der Waals surface area contributed by atoms with Gasteiger partial charge in [0.1, 0.15) is 17.4 Å². The van der Waals surface area contributed by atoms with Crippen LogP contribution < -0.4 is 20.1 Å². The summed E-state index contributed by atoms with van der Waals surface area (Å²) in [5, 5.41) is 8.99. The predicted molar refractivity (Wildman–Crippen MR) is 111 cm³/mol. The van der Waals surface area contributed by atoms with E-state index in [1.54, 1.807) is 43.3 Å². The molecule has 0 saturated carbocycles. The molecule has 0 spiro atoms. The number of ether oxygens (including phenoxy) is 2. The summed E-state index contributed by atoms with van der Waals surface area (Å²) in [5.41, 5.74) is 2.64. The van der Waals surface area contributed by atoms with Crippen molar-refractivity contribution in [3.8, 4) is 28.4 Å². The van der Waals surface area contributed by atoms with Crippen molar-refractivity contribution in [3.05, 3.63) is 60.3 Å². The van der Waals surface area contributed by atoms with Gasteiger partial charge in [-0.2, -0.15) is 5.10 Å². The number of para-hydroxylation sites is 1. The summed E-state index contributed by atoms with van der Waals surface area (Å²) in [7, 11) is 3.11. The van der Waals surface area contributed by atoms with Crippen LogP contribution in [0.3, 0.4) is 0 Å². The maximum absolute atomic E-state index is 12.3. The Morgan fingerprint density at radius 1 is 0.968 bits per heavy atom. The number of aromatic nitrogens is 2. The van der Waals surface area contributed by atoms with Crippen LogP contribution in [0, 0.1) is 5.92 Å². The highest BCUT2D eigenvalue weighted by atomic mass is 16.5. The zero-order valence-electron chi connectivity index (χ0n) is 16.9. The second-order valence-electron chi connectivity index (χ2n) is 6.91. The minimum Gasteiger partial charge on any atom is -0.497 e. The molecule has 158 valence electrons. The highest BCUT2D eigenvalue weighted by Crippen LogP contribution is 2.36. The van der Waals surface area contributed by atoms with Gasteiger partial charge in [-0.15, -0.1) is 0 Å². The molecule has 9 nitrogen and oxygen atoms in total. The van der Waals surface area contributed by atoms with Gasteiger partial charge >= 0.3 is 6.03 Å². The molecule has 1 aliphatic heterocycles. The zero-order chi connectivity index (χ0) is 22.0.